The fraction of sp³-hybridized carbons (Fsp3) is 0.647. The van der Waals surface area contributed by atoms with Gasteiger partial charge in [-0.3, -0.25) is 0 Å². The van der Waals surface area contributed by atoms with Gasteiger partial charge in [-0.15, -0.1) is 0 Å². The average Bonchev–Trinajstić information content (AvgIpc) is 2.89. The average molecular weight is 260 g/mol. The SMILES string of the molecule is Cc1cc(CN)ccc1N(CC(C)C)C1CCCC1. The Kier molecular flexibility index (Phi) is 4.87. The van der Waals surface area contributed by atoms with Crippen LogP contribution in [0.1, 0.15) is 50.7 Å². The minimum absolute atomic E-state index is 0.634. The van der Waals surface area contributed by atoms with E-state index in [1.165, 1.54) is 42.5 Å². The van der Waals surface area contributed by atoms with Gasteiger partial charge in [0.2, 0.25) is 0 Å². The van der Waals surface area contributed by atoms with E-state index in [9.17, 15) is 0 Å². The molecule has 0 unspecified atom stereocenters. The lowest BCUT2D eigenvalue weighted by molar-refractivity contribution is 0.535. The first-order chi connectivity index (χ1) is 9.11. The van der Waals surface area contributed by atoms with Crippen LogP contribution in [-0.2, 0) is 6.54 Å². The highest BCUT2D eigenvalue weighted by Gasteiger charge is 2.24. The van der Waals surface area contributed by atoms with Crippen molar-refractivity contribution in [3.63, 3.8) is 0 Å². The Labute approximate surface area is 118 Å². The molecule has 1 saturated carbocycles. The van der Waals surface area contributed by atoms with E-state index in [1.807, 2.05) is 0 Å². The van der Waals surface area contributed by atoms with E-state index in [2.05, 4.69) is 43.9 Å². The van der Waals surface area contributed by atoms with Gasteiger partial charge in [0, 0.05) is 24.8 Å². The summed E-state index contributed by atoms with van der Waals surface area (Å²) in [5.41, 5.74) is 9.75. The molecular weight excluding hydrogens is 232 g/mol. The smallest absolute Gasteiger partial charge is 0.0398 e. The number of benzene rings is 1. The van der Waals surface area contributed by atoms with Gasteiger partial charge < -0.3 is 10.6 Å². The van der Waals surface area contributed by atoms with Gasteiger partial charge in [-0.25, -0.2) is 0 Å². The summed E-state index contributed by atoms with van der Waals surface area (Å²) in [7, 11) is 0. The molecule has 19 heavy (non-hydrogen) atoms. The lowest BCUT2D eigenvalue weighted by Gasteiger charge is -2.34. The van der Waals surface area contributed by atoms with Gasteiger partial charge >= 0.3 is 0 Å². The predicted octanol–water partition coefficient (Wildman–Crippen LogP) is 3.86. The molecule has 2 heteroatoms. The normalized spacial score (nSPS) is 16.3. The third-order valence-corrected chi connectivity index (χ3v) is 4.13. The van der Waals surface area contributed by atoms with E-state index in [4.69, 9.17) is 5.73 Å². The Hall–Kier alpha value is -1.02. The topological polar surface area (TPSA) is 29.3 Å². The van der Waals surface area contributed by atoms with Gasteiger partial charge in [0.25, 0.3) is 0 Å². The molecule has 2 nitrogen and oxygen atoms in total. The fourth-order valence-corrected chi connectivity index (χ4v) is 3.22. The van der Waals surface area contributed by atoms with Crippen molar-refractivity contribution in [3.8, 4) is 0 Å². The standard InChI is InChI=1S/C17H28N2/c1-13(2)12-19(16-6-4-5-7-16)17-9-8-15(11-18)10-14(17)3/h8-10,13,16H,4-7,11-12,18H2,1-3H3. The first-order valence-corrected chi connectivity index (χ1v) is 7.68. The number of nitrogens with two attached hydrogens (primary N) is 1. The van der Waals surface area contributed by atoms with Crippen LogP contribution < -0.4 is 10.6 Å². The van der Waals surface area contributed by atoms with E-state index >= 15 is 0 Å². The van der Waals surface area contributed by atoms with E-state index in [0.29, 0.717) is 12.5 Å². The van der Waals surface area contributed by atoms with Crippen molar-refractivity contribution in [2.75, 3.05) is 11.4 Å². The Morgan fingerprint density at radius 2 is 1.95 bits per heavy atom. The van der Waals surface area contributed by atoms with Crippen molar-refractivity contribution in [1.29, 1.82) is 0 Å². The van der Waals surface area contributed by atoms with Crippen LogP contribution in [0.4, 0.5) is 5.69 Å². The first-order valence-electron chi connectivity index (χ1n) is 7.68. The molecule has 0 bridgehead atoms. The maximum atomic E-state index is 5.73. The summed E-state index contributed by atoms with van der Waals surface area (Å²) < 4.78 is 0. The zero-order valence-corrected chi connectivity index (χ0v) is 12.7. The minimum Gasteiger partial charge on any atom is -0.368 e. The molecule has 0 radical (unpaired) electrons. The van der Waals surface area contributed by atoms with Crippen molar-refractivity contribution in [2.45, 2.75) is 59.0 Å². The van der Waals surface area contributed by atoms with Crippen LogP contribution in [0.25, 0.3) is 0 Å². The van der Waals surface area contributed by atoms with Gasteiger partial charge in [0.1, 0.15) is 0 Å². The first kappa shape index (κ1) is 14.4. The van der Waals surface area contributed by atoms with Crippen molar-refractivity contribution in [1.82, 2.24) is 0 Å². The summed E-state index contributed by atoms with van der Waals surface area (Å²) in [6.07, 6.45) is 5.48. The fourth-order valence-electron chi connectivity index (χ4n) is 3.22. The number of aryl methyl sites for hydroxylation is 1. The van der Waals surface area contributed by atoms with Crippen LogP contribution in [0, 0.1) is 12.8 Å². The number of nitrogens with zero attached hydrogens (tertiary/aromatic N) is 1. The second kappa shape index (κ2) is 6.42. The molecule has 1 aliphatic carbocycles. The Morgan fingerprint density at radius 1 is 1.26 bits per heavy atom. The lowest BCUT2D eigenvalue weighted by Crippen LogP contribution is -2.36. The third-order valence-electron chi connectivity index (χ3n) is 4.13. The third kappa shape index (κ3) is 3.50. The summed E-state index contributed by atoms with van der Waals surface area (Å²) in [4.78, 5) is 2.65. The molecule has 0 aliphatic heterocycles. The monoisotopic (exact) mass is 260 g/mol. The maximum Gasteiger partial charge on any atom is 0.0398 e. The molecule has 106 valence electrons. The Balaban J connectivity index is 2.26. The van der Waals surface area contributed by atoms with Crippen LogP contribution in [0.5, 0.6) is 0 Å². The summed E-state index contributed by atoms with van der Waals surface area (Å²) in [6, 6.07) is 7.45. The molecular formula is C17H28N2. The molecule has 0 heterocycles. The van der Waals surface area contributed by atoms with Gasteiger partial charge in [0.15, 0.2) is 0 Å². The molecule has 0 aromatic heterocycles. The summed E-state index contributed by atoms with van der Waals surface area (Å²) in [5.74, 6) is 0.703. The predicted molar refractivity (Wildman–Crippen MR) is 83.5 cm³/mol. The van der Waals surface area contributed by atoms with Gasteiger partial charge in [0.05, 0.1) is 0 Å². The Morgan fingerprint density at radius 3 is 2.47 bits per heavy atom. The molecule has 1 aliphatic rings. The lowest BCUT2D eigenvalue weighted by atomic mass is 10.0. The zero-order valence-electron chi connectivity index (χ0n) is 12.7. The molecule has 2 N–H and O–H groups in total. The van der Waals surface area contributed by atoms with Crippen molar-refractivity contribution in [2.24, 2.45) is 11.7 Å². The van der Waals surface area contributed by atoms with Gasteiger partial charge in [-0.1, -0.05) is 38.8 Å². The Bertz CT molecular complexity index is 406. The molecule has 0 amide bonds. The van der Waals surface area contributed by atoms with Gasteiger partial charge in [-0.2, -0.15) is 0 Å². The van der Waals surface area contributed by atoms with E-state index in [1.54, 1.807) is 0 Å². The number of hydrogen-bond acceptors (Lipinski definition) is 2. The zero-order chi connectivity index (χ0) is 13.8. The maximum absolute atomic E-state index is 5.73. The van der Waals surface area contributed by atoms with E-state index < -0.39 is 0 Å². The molecule has 0 spiro atoms. The highest BCUT2D eigenvalue weighted by molar-refractivity contribution is 5.55. The summed E-state index contributed by atoms with van der Waals surface area (Å²) in [5, 5.41) is 0. The second-order valence-corrected chi connectivity index (χ2v) is 6.31. The highest BCUT2D eigenvalue weighted by Crippen LogP contribution is 2.31. The highest BCUT2D eigenvalue weighted by atomic mass is 15.2. The molecule has 0 atom stereocenters. The van der Waals surface area contributed by atoms with E-state index in [-0.39, 0.29) is 0 Å². The second-order valence-electron chi connectivity index (χ2n) is 6.31. The summed E-state index contributed by atoms with van der Waals surface area (Å²) >= 11 is 0. The molecule has 2 rings (SSSR count). The van der Waals surface area contributed by atoms with Crippen LogP contribution in [0.2, 0.25) is 0 Å². The van der Waals surface area contributed by atoms with Gasteiger partial charge in [-0.05, 0) is 42.9 Å². The van der Waals surface area contributed by atoms with Crippen LogP contribution in [-0.4, -0.2) is 12.6 Å². The summed E-state index contributed by atoms with van der Waals surface area (Å²) in [6.45, 7) is 8.63. The van der Waals surface area contributed by atoms with Crippen molar-refractivity contribution >= 4 is 5.69 Å². The van der Waals surface area contributed by atoms with Crippen LogP contribution in [0.15, 0.2) is 18.2 Å². The van der Waals surface area contributed by atoms with Crippen molar-refractivity contribution in [3.05, 3.63) is 29.3 Å². The van der Waals surface area contributed by atoms with Crippen molar-refractivity contribution < 1.29 is 0 Å². The minimum atomic E-state index is 0.634. The largest absolute Gasteiger partial charge is 0.368 e. The molecule has 1 aromatic rings. The molecule has 1 fully saturated rings. The quantitative estimate of drug-likeness (QED) is 0.871. The number of rotatable bonds is 5. The number of hydrogen-bond donors (Lipinski definition) is 1. The molecule has 1 aromatic carbocycles. The number of anilines is 1. The van der Waals surface area contributed by atoms with Crippen LogP contribution >= 0.6 is 0 Å². The van der Waals surface area contributed by atoms with E-state index in [0.717, 1.165) is 12.6 Å². The molecule has 0 saturated heterocycles. The van der Waals surface area contributed by atoms with Crippen LogP contribution in [0.3, 0.4) is 0 Å².